The number of hydrogen-bond acceptors (Lipinski definition) is 16. The molecule has 0 aromatic carbocycles. The molecule has 4 bridgehead atoms. The maximum absolute atomic E-state index is 11.9. The Bertz CT molecular complexity index is 2790. The molecule has 6 fully saturated rings. The van der Waals surface area contributed by atoms with Gasteiger partial charge in [0, 0.05) is 74.0 Å². The quantitative estimate of drug-likeness (QED) is 0.0396. The second-order valence-corrected chi connectivity index (χ2v) is 35.0. The fraction of sp³-hybridized carbons (Fsp3) is 0.797. The van der Waals surface area contributed by atoms with Gasteiger partial charge in [-0.15, -0.1) is 0 Å². The molecule has 16 heteroatoms. The van der Waals surface area contributed by atoms with Crippen molar-refractivity contribution < 1.29 is 19.2 Å². The maximum atomic E-state index is 11.9. The molecule has 1 atom stereocenters. The van der Waals surface area contributed by atoms with Gasteiger partial charge in [0.1, 0.15) is 0 Å². The Kier molecular flexibility index (Phi) is 34.4. The lowest BCUT2D eigenvalue weighted by Crippen LogP contribution is -2.49. The van der Waals surface area contributed by atoms with Crippen LogP contribution in [0.25, 0.3) is 0 Å². The van der Waals surface area contributed by atoms with E-state index in [0.29, 0.717) is 5.92 Å². The van der Waals surface area contributed by atoms with Gasteiger partial charge < -0.3 is 19.6 Å². The molecule has 0 N–H and O–H groups in total. The number of thiazole rings is 4. The molecule has 95 heavy (non-hydrogen) atoms. The van der Waals surface area contributed by atoms with Crippen LogP contribution in [0.15, 0.2) is 0 Å². The molecule has 6 aliphatic carbocycles. The van der Waals surface area contributed by atoms with Crippen molar-refractivity contribution in [1.29, 1.82) is 0 Å². The second-order valence-electron chi connectivity index (χ2n) is 30.9. The molecular weight excluding hydrogens is 1250 g/mol. The third-order valence-electron chi connectivity index (χ3n) is 21.6. The molecule has 12 nitrogen and oxygen atoms in total. The van der Waals surface area contributed by atoms with Gasteiger partial charge in [-0.05, 0) is 139 Å². The fourth-order valence-corrected chi connectivity index (χ4v) is 20.5. The van der Waals surface area contributed by atoms with Gasteiger partial charge in [-0.1, -0.05) is 239 Å². The zero-order chi connectivity index (χ0) is 69.0. The highest BCUT2D eigenvalue weighted by molar-refractivity contribution is 7.18. The van der Waals surface area contributed by atoms with E-state index < -0.39 is 0 Å². The zero-order valence-corrected chi connectivity index (χ0v) is 65.7. The minimum absolute atomic E-state index is 0.0895. The number of unbranched alkanes of at least 4 members (excludes halogenated alkanes) is 8. The van der Waals surface area contributed by atoms with Crippen molar-refractivity contribution in [2.45, 2.75) is 330 Å². The van der Waals surface area contributed by atoms with Crippen LogP contribution in [0.3, 0.4) is 0 Å². The van der Waals surface area contributed by atoms with Crippen molar-refractivity contribution in [3.05, 3.63) is 42.3 Å². The van der Waals surface area contributed by atoms with Crippen LogP contribution in [0.2, 0.25) is 0 Å². The summed E-state index contributed by atoms with van der Waals surface area (Å²) in [4.78, 5) is 79.8. The molecule has 4 aromatic heterocycles. The summed E-state index contributed by atoms with van der Waals surface area (Å²) in [5, 5.41) is 4.27. The lowest BCUT2D eigenvalue weighted by molar-refractivity contribution is -0.00713. The summed E-state index contributed by atoms with van der Waals surface area (Å²) in [5.74, 6) is 3.38. The van der Waals surface area contributed by atoms with Crippen LogP contribution in [0, 0.1) is 23.7 Å². The van der Waals surface area contributed by atoms with Crippen molar-refractivity contribution >= 4 is 91.0 Å². The van der Waals surface area contributed by atoms with E-state index in [0.717, 1.165) is 152 Å². The number of carbonyl (C=O) groups excluding carboxylic acids is 4. The van der Waals surface area contributed by atoms with E-state index in [9.17, 15) is 19.2 Å². The third kappa shape index (κ3) is 22.7. The van der Waals surface area contributed by atoms with Crippen LogP contribution >= 0.6 is 45.3 Å². The van der Waals surface area contributed by atoms with Crippen LogP contribution in [0.4, 0.5) is 20.5 Å². The Morgan fingerprint density at radius 3 is 1.04 bits per heavy atom. The van der Waals surface area contributed by atoms with Gasteiger partial charge >= 0.3 is 0 Å². The largest absolute Gasteiger partial charge is 0.348 e. The van der Waals surface area contributed by atoms with E-state index in [1.807, 2.05) is 0 Å². The maximum Gasteiger partial charge on any atom is 0.186 e. The predicted molar refractivity (Wildman–Crippen MR) is 411 cm³/mol. The highest BCUT2D eigenvalue weighted by atomic mass is 32.1. The highest BCUT2D eigenvalue weighted by Gasteiger charge is 2.53. The Hall–Kier alpha value is -3.60. The molecule has 10 rings (SSSR count). The standard InChI is InChI=1S/C22H34N2OS.C20H36N2OS.C19H32N2OS.C18H30N2OS/c1-3-5-7-24(8-6-4-2)21-23-20(19(15-25)26-21)22-12-16-9-17(13-22)11-18(10-16)14-22;1-7-10-12-16(9-3)14-22(13-11-8-2)19-21-18(20(4,5)6)17(15-23)24-19;1-4-6-13-21(14-7-5-2)18-20-17(16(15-22)23-18)19(3)11-9-8-10-12-19;1-4-6-12-20(13-7-5-2)17-19-16(15(14-21)22-17)18(3)10-8-9-11-18/h15-18H,3-14H2,1-2H3;15-16H,7-14H2,1-6H3;15H,4-14H2,1-3H3;14H,4-13H2,1-3H3. The molecule has 1 unspecified atom stereocenters. The average Bonchev–Trinajstić information content (AvgIpc) is 1.67. The molecule has 0 aliphatic heterocycles. The first-order valence-electron chi connectivity index (χ1n) is 38.7. The van der Waals surface area contributed by atoms with Crippen molar-refractivity contribution in [3.8, 4) is 0 Å². The molecule has 4 heterocycles. The Balaban J connectivity index is 0.000000201. The Morgan fingerprint density at radius 1 is 0.421 bits per heavy atom. The number of nitrogens with zero attached hydrogens (tertiary/aromatic N) is 8. The van der Waals surface area contributed by atoms with Gasteiger partial charge in [0.05, 0.1) is 42.3 Å². The van der Waals surface area contributed by atoms with E-state index in [1.54, 1.807) is 45.3 Å². The molecule has 0 radical (unpaired) electrons. The van der Waals surface area contributed by atoms with Crippen LogP contribution in [0.5, 0.6) is 0 Å². The summed E-state index contributed by atoms with van der Waals surface area (Å²) >= 11 is 6.44. The van der Waals surface area contributed by atoms with Gasteiger partial charge in [-0.2, -0.15) is 0 Å². The van der Waals surface area contributed by atoms with Crippen molar-refractivity contribution in [1.82, 2.24) is 19.9 Å². The molecule has 4 aromatic rings. The summed E-state index contributed by atoms with van der Waals surface area (Å²) in [7, 11) is 0. The van der Waals surface area contributed by atoms with Gasteiger partial charge in [-0.3, -0.25) is 19.2 Å². The SMILES string of the molecule is CCCCC(CC)CN(CCCC)c1nc(C(C)(C)C)c(C=O)s1.CCCCN(CCCC)c1nc(C2(C)CCCC2)c(C=O)s1.CCCCN(CCCC)c1nc(C2(C)CCCCC2)c(C=O)s1.CCCCN(CCCC)c1nc(C23CC4CC(CC(C4)C2)C3)c(C=O)s1. The molecule has 0 spiro atoms. The van der Waals surface area contributed by atoms with E-state index in [2.05, 4.69) is 117 Å². The van der Waals surface area contributed by atoms with Gasteiger partial charge in [0.25, 0.3) is 0 Å². The summed E-state index contributed by atoms with van der Waals surface area (Å²) in [6.07, 6.45) is 45.1. The molecular formula is C79H132N8O4S4. The first-order chi connectivity index (χ1) is 45.8. The summed E-state index contributed by atoms with van der Waals surface area (Å²) < 4.78 is 0. The number of anilines is 4. The fourth-order valence-electron chi connectivity index (χ4n) is 16.1. The zero-order valence-electron chi connectivity index (χ0n) is 62.5. The number of rotatable bonds is 38. The molecule has 6 saturated carbocycles. The lowest BCUT2D eigenvalue weighted by Gasteiger charge is -2.56. The second kappa shape index (κ2) is 40.6. The Labute approximate surface area is 594 Å². The highest BCUT2D eigenvalue weighted by Crippen LogP contribution is 2.61. The van der Waals surface area contributed by atoms with Crippen LogP contribution in [0.1, 0.15) is 370 Å². The molecule has 0 saturated heterocycles. The van der Waals surface area contributed by atoms with E-state index in [1.165, 1.54) is 218 Å². The monoisotopic (exact) mass is 1380 g/mol. The first kappa shape index (κ1) is 80.4. The average molecular weight is 1390 g/mol. The minimum Gasteiger partial charge on any atom is -0.348 e. The summed E-state index contributed by atoms with van der Waals surface area (Å²) in [6.45, 7) is 39.6. The number of hydrogen-bond donors (Lipinski definition) is 0. The van der Waals surface area contributed by atoms with Crippen LogP contribution in [-0.4, -0.2) is 97.4 Å². The third-order valence-corrected chi connectivity index (χ3v) is 25.8. The van der Waals surface area contributed by atoms with Crippen molar-refractivity contribution in [3.63, 3.8) is 0 Å². The molecule has 536 valence electrons. The van der Waals surface area contributed by atoms with Gasteiger partial charge in [-0.25, -0.2) is 19.9 Å². The number of carbonyl (C=O) groups is 4. The molecule has 6 aliphatic rings. The Morgan fingerprint density at radius 2 is 0.726 bits per heavy atom. The minimum atomic E-state index is -0.0895. The summed E-state index contributed by atoms with van der Waals surface area (Å²) in [5.41, 5.74) is 4.62. The molecule has 0 amide bonds. The summed E-state index contributed by atoms with van der Waals surface area (Å²) in [6, 6.07) is 0. The van der Waals surface area contributed by atoms with Crippen LogP contribution < -0.4 is 19.6 Å². The van der Waals surface area contributed by atoms with Crippen molar-refractivity contribution in [2.75, 3.05) is 72.0 Å². The smallest absolute Gasteiger partial charge is 0.186 e. The van der Waals surface area contributed by atoms with E-state index >= 15 is 0 Å². The van der Waals surface area contributed by atoms with E-state index in [-0.39, 0.29) is 21.7 Å². The van der Waals surface area contributed by atoms with Crippen molar-refractivity contribution in [2.24, 2.45) is 23.7 Å². The van der Waals surface area contributed by atoms with Gasteiger partial charge in [0.2, 0.25) is 0 Å². The normalized spacial score (nSPS) is 20.2. The first-order valence-corrected chi connectivity index (χ1v) is 41.9. The van der Waals surface area contributed by atoms with Crippen LogP contribution in [-0.2, 0) is 21.7 Å². The van der Waals surface area contributed by atoms with E-state index in [4.69, 9.17) is 19.9 Å². The lowest BCUT2D eigenvalue weighted by atomic mass is 9.48. The number of aromatic nitrogens is 4. The number of aldehydes is 4. The predicted octanol–water partition coefficient (Wildman–Crippen LogP) is 22.7. The topological polar surface area (TPSA) is 133 Å². The van der Waals surface area contributed by atoms with Gasteiger partial charge in [0.15, 0.2) is 45.7 Å².